The van der Waals surface area contributed by atoms with Crippen molar-refractivity contribution in [2.24, 2.45) is 0 Å². The van der Waals surface area contributed by atoms with Crippen molar-refractivity contribution in [1.82, 2.24) is 30.9 Å². The average Bonchev–Trinajstić information content (AvgIpc) is 1.63. The molecule has 1 aromatic carbocycles. The van der Waals surface area contributed by atoms with E-state index in [4.69, 9.17) is 62.6 Å². The third-order valence-electron chi connectivity index (χ3n) is 16.1. The lowest BCUT2D eigenvalue weighted by molar-refractivity contribution is -0.302. The molecule has 542 valence electrons. The first-order chi connectivity index (χ1) is 45.9. The van der Waals surface area contributed by atoms with Crippen LogP contribution >= 0.6 is 11.8 Å². The molecule has 34 nitrogen and oxygen atoms in total. The molecule has 4 fully saturated rings. The van der Waals surface area contributed by atoms with Gasteiger partial charge in [-0.3, -0.25) is 24.2 Å². The van der Waals surface area contributed by atoms with Crippen LogP contribution in [0, 0.1) is 0 Å². The van der Waals surface area contributed by atoms with Gasteiger partial charge in [0.15, 0.2) is 18.9 Å². The molecule has 2 aromatic heterocycles. The number of H-pyrrole nitrogens is 2. The fourth-order valence-electron chi connectivity index (χ4n) is 11.0. The molecule has 4 aliphatic rings. The number of carbonyl (C=O) groups excluding carboxylic acids is 3. The molecule has 2 amide bonds. The van der Waals surface area contributed by atoms with Gasteiger partial charge in [0, 0.05) is 67.8 Å². The number of aliphatic hydroxyl groups is 9. The number of hydrogen-bond donors (Lipinski definition) is 16. The number of benzene rings is 1. The van der Waals surface area contributed by atoms with Crippen molar-refractivity contribution in [2.75, 3.05) is 96.6 Å². The number of aromatic amines is 2. The zero-order valence-electron chi connectivity index (χ0n) is 54.1. The summed E-state index contributed by atoms with van der Waals surface area (Å²) in [6, 6.07) is 4.43. The topological polar surface area (TPSA) is 508 Å². The van der Waals surface area contributed by atoms with Gasteiger partial charge in [-0.1, -0.05) is 12.1 Å². The largest absolute Gasteiger partial charge is 0.481 e. The smallest absolute Gasteiger partial charge is 0.328 e. The van der Waals surface area contributed by atoms with Crippen LogP contribution in [0.25, 0.3) is 11.0 Å². The van der Waals surface area contributed by atoms with Crippen molar-refractivity contribution >= 4 is 52.5 Å². The summed E-state index contributed by atoms with van der Waals surface area (Å²) in [5.74, 6) is -2.92. The van der Waals surface area contributed by atoms with E-state index in [0.717, 1.165) is 11.1 Å². The normalized spacial score (nSPS) is 27.7. The first-order valence-electron chi connectivity index (χ1n) is 32.0. The predicted octanol–water partition coefficient (Wildman–Crippen LogP) is -3.81. The van der Waals surface area contributed by atoms with E-state index in [0.29, 0.717) is 23.9 Å². The zero-order chi connectivity index (χ0) is 69.6. The van der Waals surface area contributed by atoms with Crippen molar-refractivity contribution in [3.05, 3.63) is 57.5 Å². The number of nitrogens with one attached hydrogen (secondary N) is 5. The Morgan fingerprint density at radius 3 is 2.23 bits per heavy atom. The molecular formula is C61H95N7O27S. The number of carboxylic acid groups (broad SMARTS) is 1. The van der Waals surface area contributed by atoms with Gasteiger partial charge in [-0.25, -0.2) is 4.79 Å². The number of carbonyl (C=O) groups is 4. The van der Waals surface area contributed by atoms with Gasteiger partial charge < -0.3 is 135 Å². The van der Waals surface area contributed by atoms with Gasteiger partial charge in [0.2, 0.25) is 11.9 Å². The highest BCUT2D eigenvalue weighted by atomic mass is 32.2. The van der Waals surface area contributed by atoms with E-state index in [-0.39, 0.29) is 100 Å². The number of nitrogens with zero attached hydrogens (tertiary/aromatic N) is 1. The van der Waals surface area contributed by atoms with Crippen LogP contribution < -0.4 is 27.2 Å². The number of carboxylic acids is 1. The number of nitrogens with two attached hydrogens (primary N) is 1. The third kappa shape index (κ3) is 23.5. The van der Waals surface area contributed by atoms with Gasteiger partial charge in [0.05, 0.1) is 82.1 Å². The van der Waals surface area contributed by atoms with Crippen LogP contribution in [0.15, 0.2) is 35.3 Å². The molecular weight excluding hydrogens is 1290 g/mol. The fourth-order valence-corrected chi connectivity index (χ4v) is 12.1. The number of ether oxygens (including phenoxy) is 12. The highest BCUT2D eigenvalue weighted by Crippen LogP contribution is 2.34. The zero-order valence-corrected chi connectivity index (χ0v) is 54.9. The standard InChI is InChI=1S/C61H95N7O27S/c1-5-85-59(95-50-44(25-72)87-26-39(76)49(50)79)51-45(91-51)27-88-57-38(75)21-41(43(24-71)94-57)89-30-90-46(40(14-16-69)92-58-37(74)20-36(73)42(23-70)93-58)29-96-28-35(68-61(2,3)4)54(81)63-15-17-84-18-19-86-56(83)34(12-13-47(77)78)65-53(80)32-9-6-31(7-10-32)8-11-33-22-64-52-48(33)55(82)67-60(62)66-52/h6-7,9-10,22,34-46,49-51,57-59,68-76,79H,5,8,11-21,23-30H2,1-4H3,(H,63,81)(H,65,80)(H,77,78)(H4,62,64,66,67,82)/t34-,35+,36-,37-,38-,39?,40-,41-,42?,43?,44?,45?,46?,49+,50+,51?,57-,58+,59+/m0/s1. The van der Waals surface area contributed by atoms with Crippen molar-refractivity contribution in [1.29, 1.82) is 0 Å². The van der Waals surface area contributed by atoms with E-state index >= 15 is 0 Å². The number of amides is 2. The Morgan fingerprint density at radius 2 is 1.53 bits per heavy atom. The van der Waals surface area contributed by atoms with Crippen LogP contribution in [0.1, 0.15) is 81.3 Å². The van der Waals surface area contributed by atoms with Gasteiger partial charge in [-0.05, 0) is 76.6 Å². The number of rotatable bonds is 41. The molecule has 7 unspecified atom stereocenters. The molecule has 4 aliphatic heterocycles. The first-order valence-corrected chi connectivity index (χ1v) is 33.1. The minimum Gasteiger partial charge on any atom is -0.481 e. The number of hydrogen-bond acceptors (Lipinski definition) is 30. The summed E-state index contributed by atoms with van der Waals surface area (Å²) in [4.78, 5) is 73.8. The van der Waals surface area contributed by atoms with Gasteiger partial charge in [-0.15, -0.1) is 0 Å². The Morgan fingerprint density at radius 1 is 0.802 bits per heavy atom. The highest BCUT2D eigenvalue weighted by Gasteiger charge is 2.51. The number of thioether (sulfide) groups is 1. The summed E-state index contributed by atoms with van der Waals surface area (Å²) in [7, 11) is 0. The minimum absolute atomic E-state index is 0.00874. The number of aromatic nitrogens is 3. The molecule has 19 atom stereocenters. The van der Waals surface area contributed by atoms with E-state index in [1.807, 2.05) is 20.8 Å². The van der Waals surface area contributed by atoms with E-state index < -0.39 is 185 Å². The molecule has 0 radical (unpaired) electrons. The van der Waals surface area contributed by atoms with E-state index in [2.05, 4.69) is 30.9 Å². The number of aliphatic carboxylic acids is 1. The molecule has 7 rings (SSSR count). The van der Waals surface area contributed by atoms with Gasteiger partial charge in [0.25, 0.3) is 11.5 Å². The van der Waals surface area contributed by atoms with E-state index in [1.165, 1.54) is 11.8 Å². The fraction of sp³-hybridized carbons (Fsp3) is 0.738. The Hall–Kier alpha value is -5.17. The van der Waals surface area contributed by atoms with Crippen LogP contribution in [0.2, 0.25) is 0 Å². The van der Waals surface area contributed by atoms with Crippen LogP contribution in [0.4, 0.5) is 5.95 Å². The second-order valence-corrected chi connectivity index (χ2v) is 25.6. The second-order valence-electron chi connectivity index (χ2n) is 24.5. The van der Waals surface area contributed by atoms with Crippen molar-refractivity contribution in [3.8, 4) is 0 Å². The monoisotopic (exact) mass is 1390 g/mol. The summed E-state index contributed by atoms with van der Waals surface area (Å²) in [5, 5.41) is 112. The number of fused-ring (bicyclic) bond motifs is 1. The molecule has 0 bridgehead atoms. The quantitative estimate of drug-likeness (QED) is 0.0112. The minimum atomic E-state index is -1.38. The lowest BCUT2D eigenvalue weighted by atomic mass is 10.0. The highest BCUT2D eigenvalue weighted by molar-refractivity contribution is 7.99. The molecule has 35 heteroatoms. The number of aryl methyl sites for hydroxylation is 2. The summed E-state index contributed by atoms with van der Waals surface area (Å²) >= 11 is 1.26. The molecule has 96 heavy (non-hydrogen) atoms. The van der Waals surface area contributed by atoms with Crippen LogP contribution in [-0.2, 0) is 84.1 Å². The number of nitrogen functional groups attached to an aromatic ring is 1. The van der Waals surface area contributed by atoms with E-state index in [9.17, 15) is 75.0 Å². The lowest BCUT2D eigenvalue weighted by Crippen LogP contribution is -2.57. The van der Waals surface area contributed by atoms with Gasteiger partial charge in [0.1, 0.15) is 86.1 Å². The van der Waals surface area contributed by atoms with E-state index in [1.54, 1.807) is 37.4 Å². The van der Waals surface area contributed by atoms with Crippen molar-refractivity contribution in [2.45, 2.75) is 195 Å². The first kappa shape index (κ1) is 78.2. The maximum Gasteiger partial charge on any atom is 0.328 e. The van der Waals surface area contributed by atoms with Crippen molar-refractivity contribution < 1.29 is 127 Å². The Labute approximate surface area is 557 Å². The average molecular weight is 1390 g/mol. The third-order valence-corrected chi connectivity index (χ3v) is 17.2. The molecule has 0 aliphatic carbocycles. The van der Waals surface area contributed by atoms with Gasteiger partial charge in [-0.2, -0.15) is 16.7 Å². The molecule has 4 saturated heterocycles. The number of aliphatic hydroxyl groups excluding tert-OH is 9. The molecule has 0 spiro atoms. The summed E-state index contributed by atoms with van der Waals surface area (Å²) in [5.41, 5.74) is 6.86. The number of epoxide rings is 1. The van der Waals surface area contributed by atoms with Gasteiger partial charge >= 0.3 is 11.9 Å². The van der Waals surface area contributed by atoms with Crippen molar-refractivity contribution in [3.63, 3.8) is 0 Å². The Bertz CT molecular complexity index is 2930. The molecule has 0 saturated carbocycles. The molecule has 3 aromatic rings. The number of esters is 1. The Balaban J connectivity index is 0.876. The van der Waals surface area contributed by atoms with Crippen LogP contribution in [0.5, 0.6) is 0 Å². The SMILES string of the molecule is CCO[C@H](O[C@@H]1C(CO)OCC(O)[C@H]1O)C1OC1CO[C@H]1OC(CO)[C@@H](OCOC(CSC[C@@H](NC(C)(C)C)C(=O)NCCOCCOC(=O)[C@H](CCC(=O)O)NC(=O)c2ccc(CCc3c[nH]c4nc(N)[nH]c(=O)c34)cc2)[C@H](CCO)O[C@@H]2OC(CO)[C@@H](O)C[C@@H]2O)C[C@@H]1O. The Kier molecular flexibility index (Phi) is 31.3. The van der Waals surface area contributed by atoms with Crippen LogP contribution in [-0.4, -0.2) is 303 Å². The van der Waals surface area contributed by atoms with Crippen LogP contribution in [0.3, 0.4) is 0 Å². The maximum atomic E-state index is 13.8. The predicted molar refractivity (Wildman–Crippen MR) is 336 cm³/mol. The molecule has 17 N–H and O–H groups in total. The summed E-state index contributed by atoms with van der Waals surface area (Å²) in [6.45, 7) is 4.23. The molecule has 6 heterocycles. The maximum absolute atomic E-state index is 13.8. The summed E-state index contributed by atoms with van der Waals surface area (Å²) < 4.78 is 70.0. The lowest BCUT2D eigenvalue weighted by Gasteiger charge is -2.40. The summed E-state index contributed by atoms with van der Waals surface area (Å²) in [6.07, 6.45) is -17.1. The second kappa shape index (κ2) is 38.4. The number of anilines is 1.